The molecule has 136 valence electrons. The van der Waals surface area contributed by atoms with E-state index in [-0.39, 0.29) is 12.3 Å². The molecule has 1 heterocycles. The van der Waals surface area contributed by atoms with Gasteiger partial charge in [-0.25, -0.2) is 0 Å². The van der Waals surface area contributed by atoms with Gasteiger partial charge in [0.1, 0.15) is 5.75 Å². The van der Waals surface area contributed by atoms with E-state index < -0.39 is 5.91 Å². The van der Waals surface area contributed by atoms with Crippen LogP contribution in [0.2, 0.25) is 0 Å². The van der Waals surface area contributed by atoms with Crippen LogP contribution in [0.3, 0.4) is 0 Å². The molecular weight excluding hydrogens is 330 g/mol. The first-order valence-corrected chi connectivity index (χ1v) is 8.68. The molecule has 3 N–H and O–H groups in total. The Hall–Kier alpha value is -3.02. The quantitative estimate of drug-likeness (QED) is 0.836. The molecule has 1 fully saturated rings. The van der Waals surface area contributed by atoms with Crippen LogP contribution < -0.4 is 20.7 Å². The van der Waals surface area contributed by atoms with Crippen molar-refractivity contribution in [1.82, 2.24) is 0 Å². The molecule has 0 atom stereocenters. The third-order valence-electron chi connectivity index (χ3n) is 4.53. The second-order valence-electron chi connectivity index (χ2n) is 6.36. The summed E-state index contributed by atoms with van der Waals surface area (Å²) >= 11 is 0. The van der Waals surface area contributed by atoms with Gasteiger partial charge in [-0.2, -0.15) is 0 Å². The van der Waals surface area contributed by atoms with Crippen LogP contribution in [0.4, 0.5) is 11.4 Å². The van der Waals surface area contributed by atoms with E-state index in [0.717, 1.165) is 42.9 Å². The summed E-state index contributed by atoms with van der Waals surface area (Å²) in [6.45, 7) is 1.88. The monoisotopic (exact) mass is 353 g/mol. The van der Waals surface area contributed by atoms with Crippen LogP contribution in [-0.2, 0) is 11.2 Å². The predicted molar refractivity (Wildman–Crippen MR) is 102 cm³/mol. The summed E-state index contributed by atoms with van der Waals surface area (Å²) in [4.78, 5) is 26.2. The van der Waals surface area contributed by atoms with Crippen LogP contribution >= 0.6 is 0 Å². The van der Waals surface area contributed by atoms with E-state index in [2.05, 4.69) is 10.2 Å². The second-order valence-corrected chi connectivity index (χ2v) is 6.36. The molecule has 6 nitrogen and oxygen atoms in total. The number of hydrogen-bond acceptors (Lipinski definition) is 4. The lowest BCUT2D eigenvalue weighted by molar-refractivity contribution is -0.115. The Morgan fingerprint density at radius 1 is 1.12 bits per heavy atom. The molecule has 2 amide bonds. The normalized spacial score (nSPS) is 13.5. The number of nitrogens with one attached hydrogen (secondary N) is 1. The molecule has 1 aliphatic heterocycles. The SMILES string of the molecule is COc1ccc(CC(=O)Nc2cc(C(N)=O)ccc2N2CCCC2)cc1. The van der Waals surface area contributed by atoms with Gasteiger partial charge < -0.3 is 20.7 Å². The topological polar surface area (TPSA) is 84.7 Å². The molecule has 1 saturated heterocycles. The number of carbonyl (C=O) groups excluding carboxylic acids is 2. The molecule has 0 aromatic heterocycles. The first kappa shape index (κ1) is 17.8. The van der Waals surface area contributed by atoms with Gasteiger partial charge in [0.15, 0.2) is 0 Å². The first-order chi connectivity index (χ1) is 12.6. The minimum Gasteiger partial charge on any atom is -0.497 e. The van der Waals surface area contributed by atoms with E-state index in [1.165, 1.54) is 0 Å². The van der Waals surface area contributed by atoms with Gasteiger partial charge >= 0.3 is 0 Å². The Morgan fingerprint density at radius 3 is 2.42 bits per heavy atom. The van der Waals surface area contributed by atoms with Crippen LogP contribution in [0.15, 0.2) is 42.5 Å². The summed E-state index contributed by atoms with van der Waals surface area (Å²) in [5.74, 6) is 0.0977. The van der Waals surface area contributed by atoms with Crippen molar-refractivity contribution >= 4 is 23.2 Å². The molecule has 0 spiro atoms. The van der Waals surface area contributed by atoms with Crippen molar-refractivity contribution in [3.63, 3.8) is 0 Å². The van der Waals surface area contributed by atoms with Gasteiger partial charge in [-0.3, -0.25) is 9.59 Å². The lowest BCUT2D eigenvalue weighted by Crippen LogP contribution is -2.22. The Bertz CT molecular complexity index is 796. The highest BCUT2D eigenvalue weighted by Crippen LogP contribution is 2.30. The highest BCUT2D eigenvalue weighted by molar-refractivity contribution is 5.99. The minimum absolute atomic E-state index is 0.141. The first-order valence-electron chi connectivity index (χ1n) is 8.68. The van der Waals surface area contributed by atoms with Gasteiger partial charge in [0.05, 0.1) is 24.9 Å². The highest BCUT2D eigenvalue weighted by atomic mass is 16.5. The fourth-order valence-electron chi connectivity index (χ4n) is 3.15. The maximum atomic E-state index is 12.5. The molecule has 6 heteroatoms. The second kappa shape index (κ2) is 7.91. The smallest absolute Gasteiger partial charge is 0.248 e. The number of carbonyl (C=O) groups is 2. The van der Waals surface area contributed by atoms with Gasteiger partial charge in [0, 0.05) is 18.7 Å². The lowest BCUT2D eigenvalue weighted by atomic mass is 10.1. The summed E-state index contributed by atoms with van der Waals surface area (Å²) in [6, 6.07) is 12.6. The number of primary amides is 1. The Balaban J connectivity index is 1.78. The van der Waals surface area contributed by atoms with E-state index in [9.17, 15) is 9.59 Å². The Morgan fingerprint density at radius 2 is 1.81 bits per heavy atom. The average molecular weight is 353 g/mol. The largest absolute Gasteiger partial charge is 0.497 e. The van der Waals surface area contributed by atoms with E-state index in [1.807, 2.05) is 30.3 Å². The molecule has 0 radical (unpaired) electrons. The number of rotatable bonds is 6. The average Bonchev–Trinajstić information content (AvgIpc) is 3.16. The zero-order valence-corrected chi connectivity index (χ0v) is 14.8. The van der Waals surface area contributed by atoms with Gasteiger partial charge in [-0.05, 0) is 48.7 Å². The number of hydrogen-bond donors (Lipinski definition) is 2. The molecule has 26 heavy (non-hydrogen) atoms. The van der Waals surface area contributed by atoms with Gasteiger partial charge in [0.2, 0.25) is 11.8 Å². The van der Waals surface area contributed by atoms with Crippen molar-refractivity contribution in [3.8, 4) is 5.75 Å². The predicted octanol–water partition coefficient (Wildman–Crippen LogP) is 2.58. The van der Waals surface area contributed by atoms with Crippen LogP contribution in [0, 0.1) is 0 Å². The van der Waals surface area contributed by atoms with Gasteiger partial charge in [0.25, 0.3) is 0 Å². The molecule has 0 saturated carbocycles. The van der Waals surface area contributed by atoms with E-state index in [1.54, 1.807) is 19.2 Å². The summed E-state index contributed by atoms with van der Waals surface area (Å²) in [5.41, 5.74) is 8.21. The zero-order chi connectivity index (χ0) is 18.5. The van der Waals surface area contributed by atoms with Crippen molar-refractivity contribution in [1.29, 1.82) is 0 Å². The number of methoxy groups -OCH3 is 1. The standard InChI is InChI=1S/C20H23N3O3/c1-26-16-7-4-14(5-8-16)12-19(24)22-17-13-15(20(21)25)6-9-18(17)23-10-2-3-11-23/h4-9,13H,2-3,10-12H2,1H3,(H2,21,25)(H,22,24). The minimum atomic E-state index is -0.511. The van der Waals surface area contributed by atoms with Crippen molar-refractivity contribution in [2.24, 2.45) is 5.73 Å². The Labute approximate surface area is 152 Å². The number of nitrogens with zero attached hydrogens (tertiary/aromatic N) is 1. The fourth-order valence-corrected chi connectivity index (χ4v) is 3.15. The van der Waals surface area contributed by atoms with Crippen LogP contribution in [0.5, 0.6) is 5.75 Å². The number of ether oxygens (including phenoxy) is 1. The molecule has 3 rings (SSSR count). The molecule has 0 unspecified atom stereocenters. The summed E-state index contributed by atoms with van der Waals surface area (Å²) in [7, 11) is 1.60. The van der Waals surface area contributed by atoms with Crippen LogP contribution in [0.25, 0.3) is 0 Å². The Kier molecular flexibility index (Phi) is 5.41. The molecular formula is C20H23N3O3. The van der Waals surface area contributed by atoms with E-state index >= 15 is 0 Å². The number of amides is 2. The third kappa shape index (κ3) is 4.14. The number of benzene rings is 2. The van der Waals surface area contributed by atoms with E-state index in [0.29, 0.717) is 11.3 Å². The van der Waals surface area contributed by atoms with Crippen molar-refractivity contribution in [3.05, 3.63) is 53.6 Å². The van der Waals surface area contributed by atoms with Crippen LogP contribution in [0.1, 0.15) is 28.8 Å². The lowest BCUT2D eigenvalue weighted by Gasteiger charge is -2.22. The summed E-state index contributed by atoms with van der Waals surface area (Å²) < 4.78 is 5.13. The van der Waals surface area contributed by atoms with Crippen molar-refractivity contribution in [2.75, 3.05) is 30.4 Å². The molecule has 0 bridgehead atoms. The van der Waals surface area contributed by atoms with Gasteiger partial charge in [-0.1, -0.05) is 12.1 Å². The van der Waals surface area contributed by atoms with Gasteiger partial charge in [-0.15, -0.1) is 0 Å². The van der Waals surface area contributed by atoms with E-state index in [4.69, 9.17) is 10.5 Å². The highest BCUT2D eigenvalue weighted by Gasteiger charge is 2.18. The van der Waals surface area contributed by atoms with Crippen LogP contribution in [-0.4, -0.2) is 32.0 Å². The number of nitrogens with two attached hydrogens (primary N) is 1. The maximum absolute atomic E-state index is 12.5. The molecule has 2 aromatic carbocycles. The summed E-state index contributed by atoms with van der Waals surface area (Å²) in [6.07, 6.45) is 2.48. The molecule has 1 aliphatic rings. The zero-order valence-electron chi connectivity index (χ0n) is 14.8. The van der Waals surface area contributed by atoms with Crippen molar-refractivity contribution < 1.29 is 14.3 Å². The van der Waals surface area contributed by atoms with Crippen molar-refractivity contribution in [2.45, 2.75) is 19.3 Å². The molecule has 2 aromatic rings. The number of anilines is 2. The fraction of sp³-hybridized carbons (Fsp3) is 0.300. The molecule has 0 aliphatic carbocycles. The summed E-state index contributed by atoms with van der Waals surface area (Å²) in [5, 5.41) is 2.94. The third-order valence-corrected chi connectivity index (χ3v) is 4.53. The maximum Gasteiger partial charge on any atom is 0.248 e.